The van der Waals surface area contributed by atoms with E-state index in [4.69, 9.17) is 14.2 Å². The van der Waals surface area contributed by atoms with Gasteiger partial charge in [-0.2, -0.15) is 0 Å². The van der Waals surface area contributed by atoms with Gasteiger partial charge in [-0.25, -0.2) is 9.59 Å². The molecule has 8 nitrogen and oxygen atoms in total. The number of benzene rings is 2. The number of anilines is 1. The van der Waals surface area contributed by atoms with Crippen LogP contribution in [0, 0.1) is 0 Å². The van der Waals surface area contributed by atoms with E-state index in [2.05, 4.69) is 5.32 Å². The van der Waals surface area contributed by atoms with Crippen LogP contribution >= 0.6 is 0 Å². The molecule has 31 heavy (non-hydrogen) atoms. The van der Waals surface area contributed by atoms with Crippen LogP contribution in [-0.4, -0.2) is 45.4 Å². The molecule has 0 saturated carbocycles. The molecule has 0 aliphatic carbocycles. The minimum Gasteiger partial charge on any atom is -0.466 e. The van der Waals surface area contributed by atoms with Crippen molar-refractivity contribution in [3.05, 3.63) is 77.0 Å². The molecular weight excluding hydrogens is 400 g/mol. The fourth-order valence-corrected chi connectivity index (χ4v) is 3.25. The summed E-state index contributed by atoms with van der Waals surface area (Å²) in [5, 5.41) is 2.96. The maximum Gasteiger partial charge on any atom is 0.355 e. The van der Waals surface area contributed by atoms with Crippen LogP contribution in [-0.2, 0) is 23.8 Å². The number of rotatable bonds is 6. The number of nitrogens with one attached hydrogen (secondary N) is 1. The Morgan fingerprint density at radius 1 is 0.968 bits per heavy atom. The van der Waals surface area contributed by atoms with Crippen molar-refractivity contribution in [2.45, 2.75) is 13.0 Å². The van der Waals surface area contributed by atoms with Crippen LogP contribution in [0.15, 0.2) is 65.9 Å². The monoisotopic (exact) mass is 424 g/mol. The fraction of sp³-hybridized carbons (Fsp3) is 0.261. The van der Waals surface area contributed by atoms with Crippen molar-refractivity contribution in [1.29, 1.82) is 0 Å². The molecule has 0 saturated heterocycles. The third-order valence-corrected chi connectivity index (χ3v) is 4.92. The Balaban J connectivity index is 1.82. The van der Waals surface area contributed by atoms with E-state index < -0.39 is 11.9 Å². The summed E-state index contributed by atoms with van der Waals surface area (Å²) in [6, 6.07) is 16.1. The minimum absolute atomic E-state index is 0.0432. The van der Waals surface area contributed by atoms with Gasteiger partial charge in [0.25, 0.3) is 5.91 Å². The highest BCUT2D eigenvalue weighted by molar-refractivity contribution is 6.03. The largest absolute Gasteiger partial charge is 0.466 e. The summed E-state index contributed by atoms with van der Waals surface area (Å²) in [5.74, 6) is -1.57. The maximum absolute atomic E-state index is 12.6. The Labute approximate surface area is 180 Å². The predicted octanol–water partition coefficient (Wildman–Crippen LogP) is 2.57. The predicted molar refractivity (Wildman–Crippen MR) is 113 cm³/mol. The summed E-state index contributed by atoms with van der Waals surface area (Å²) in [7, 11) is 2.46. The molecule has 1 amide bonds. The van der Waals surface area contributed by atoms with Gasteiger partial charge in [0.2, 0.25) is 0 Å². The van der Waals surface area contributed by atoms with E-state index in [0.717, 1.165) is 5.56 Å². The molecule has 0 fully saturated rings. The van der Waals surface area contributed by atoms with Crippen LogP contribution in [0.25, 0.3) is 0 Å². The molecule has 1 aliphatic rings. The zero-order valence-electron chi connectivity index (χ0n) is 17.6. The average molecular weight is 424 g/mol. The summed E-state index contributed by atoms with van der Waals surface area (Å²) in [5.41, 5.74) is 2.14. The lowest BCUT2D eigenvalue weighted by Crippen LogP contribution is -2.38. The first-order valence-corrected chi connectivity index (χ1v) is 9.67. The van der Waals surface area contributed by atoms with Gasteiger partial charge < -0.3 is 24.4 Å². The lowest BCUT2D eigenvalue weighted by Gasteiger charge is -2.31. The van der Waals surface area contributed by atoms with E-state index >= 15 is 0 Å². The molecule has 1 N–H and O–H groups in total. The Morgan fingerprint density at radius 2 is 1.61 bits per heavy atom. The molecule has 1 unspecified atom stereocenters. The molecule has 2 aromatic carbocycles. The van der Waals surface area contributed by atoms with Crippen molar-refractivity contribution >= 4 is 23.5 Å². The van der Waals surface area contributed by atoms with Gasteiger partial charge in [0, 0.05) is 11.3 Å². The molecule has 1 heterocycles. The number of methoxy groups -OCH3 is 2. The number of carbonyl (C=O) groups excluding carboxylic acids is 3. The van der Waals surface area contributed by atoms with Gasteiger partial charge in [-0.1, -0.05) is 30.3 Å². The number of ether oxygens (including phenoxy) is 3. The summed E-state index contributed by atoms with van der Waals surface area (Å²) in [6.07, 6.45) is 0. The van der Waals surface area contributed by atoms with Crippen LogP contribution in [0.2, 0.25) is 0 Å². The fourth-order valence-electron chi connectivity index (χ4n) is 3.25. The first-order valence-electron chi connectivity index (χ1n) is 9.67. The van der Waals surface area contributed by atoms with Crippen LogP contribution < -0.4 is 10.2 Å². The number of hydrogen-bond acceptors (Lipinski definition) is 7. The SMILES string of the molecule is COC(=O)C1=C(C(=O)OC)N(c2ccc(C(=O)NC(C)c3ccccc3)cc2)COC1. The van der Waals surface area contributed by atoms with Crippen LogP contribution in [0.3, 0.4) is 0 Å². The van der Waals surface area contributed by atoms with Gasteiger partial charge >= 0.3 is 11.9 Å². The highest BCUT2D eigenvalue weighted by atomic mass is 16.5. The third kappa shape index (κ3) is 4.92. The summed E-state index contributed by atoms with van der Waals surface area (Å²) in [4.78, 5) is 38.6. The summed E-state index contributed by atoms with van der Waals surface area (Å²) in [6.45, 7) is 1.89. The summed E-state index contributed by atoms with van der Waals surface area (Å²) < 4.78 is 15.1. The number of amides is 1. The van der Waals surface area contributed by atoms with Crippen molar-refractivity contribution in [3.63, 3.8) is 0 Å². The number of nitrogens with zero attached hydrogens (tertiary/aromatic N) is 1. The van der Waals surface area contributed by atoms with Crippen molar-refractivity contribution < 1.29 is 28.6 Å². The molecular formula is C23H24N2O6. The normalized spacial score (nSPS) is 14.6. The zero-order valence-corrected chi connectivity index (χ0v) is 17.6. The van der Waals surface area contributed by atoms with E-state index in [-0.39, 0.29) is 36.6 Å². The lowest BCUT2D eigenvalue weighted by molar-refractivity contribution is -0.140. The molecule has 162 valence electrons. The Hall–Kier alpha value is -3.65. The molecule has 2 aromatic rings. The van der Waals surface area contributed by atoms with Gasteiger partial charge in [0.1, 0.15) is 12.4 Å². The highest BCUT2D eigenvalue weighted by Gasteiger charge is 2.32. The molecule has 0 radical (unpaired) electrons. The van der Waals surface area contributed by atoms with Gasteiger partial charge in [0.15, 0.2) is 0 Å². The van der Waals surface area contributed by atoms with Crippen molar-refractivity contribution in [3.8, 4) is 0 Å². The van der Waals surface area contributed by atoms with Gasteiger partial charge in [0.05, 0.1) is 32.4 Å². The minimum atomic E-state index is -0.679. The van der Waals surface area contributed by atoms with Gasteiger partial charge in [-0.3, -0.25) is 4.79 Å². The molecule has 0 bridgehead atoms. The van der Waals surface area contributed by atoms with Crippen molar-refractivity contribution in [2.75, 3.05) is 32.5 Å². The topological polar surface area (TPSA) is 94.2 Å². The van der Waals surface area contributed by atoms with Crippen molar-refractivity contribution in [2.24, 2.45) is 0 Å². The van der Waals surface area contributed by atoms with Crippen LogP contribution in [0.5, 0.6) is 0 Å². The summed E-state index contributed by atoms with van der Waals surface area (Å²) >= 11 is 0. The van der Waals surface area contributed by atoms with Gasteiger partial charge in [-0.15, -0.1) is 0 Å². The second-order valence-electron chi connectivity index (χ2n) is 6.87. The average Bonchev–Trinajstić information content (AvgIpc) is 2.83. The third-order valence-electron chi connectivity index (χ3n) is 4.92. The first-order chi connectivity index (χ1) is 15.0. The van der Waals surface area contributed by atoms with Gasteiger partial charge in [-0.05, 0) is 36.8 Å². The first kappa shape index (κ1) is 22.0. The maximum atomic E-state index is 12.6. The molecule has 3 rings (SSSR count). The Morgan fingerprint density at radius 3 is 2.23 bits per heavy atom. The molecule has 1 aliphatic heterocycles. The second-order valence-corrected chi connectivity index (χ2v) is 6.87. The highest BCUT2D eigenvalue weighted by Crippen LogP contribution is 2.27. The Kier molecular flexibility index (Phi) is 7.04. The van der Waals surface area contributed by atoms with E-state index in [0.29, 0.717) is 11.3 Å². The standard InChI is InChI=1S/C23H24N2O6/c1-15(16-7-5-4-6-8-16)24-21(26)17-9-11-18(12-10-17)25-14-31-13-19(22(27)29-2)20(25)23(28)30-3/h4-12,15H,13-14H2,1-3H3,(H,24,26). The zero-order chi connectivity index (χ0) is 22.4. The number of carbonyl (C=O) groups is 3. The van der Waals surface area contributed by atoms with Crippen molar-refractivity contribution in [1.82, 2.24) is 5.32 Å². The lowest BCUT2D eigenvalue weighted by atomic mass is 10.1. The van der Waals surface area contributed by atoms with E-state index in [1.807, 2.05) is 37.3 Å². The molecule has 0 aromatic heterocycles. The number of esters is 2. The second kappa shape index (κ2) is 9.90. The smallest absolute Gasteiger partial charge is 0.355 e. The number of hydrogen-bond donors (Lipinski definition) is 1. The van der Waals surface area contributed by atoms with Crippen LogP contribution in [0.1, 0.15) is 28.9 Å². The van der Waals surface area contributed by atoms with E-state index in [9.17, 15) is 14.4 Å². The molecule has 1 atom stereocenters. The quantitative estimate of drug-likeness (QED) is 0.712. The van der Waals surface area contributed by atoms with E-state index in [1.54, 1.807) is 24.3 Å². The van der Waals surface area contributed by atoms with Crippen LogP contribution in [0.4, 0.5) is 5.69 Å². The van der Waals surface area contributed by atoms with E-state index in [1.165, 1.54) is 19.1 Å². The Bertz CT molecular complexity index is 985. The molecule has 0 spiro atoms. The molecule has 8 heteroatoms.